The predicted octanol–water partition coefficient (Wildman–Crippen LogP) is 3.46. The van der Waals surface area contributed by atoms with Gasteiger partial charge in [-0.25, -0.2) is 0 Å². The topological polar surface area (TPSA) is 44.5 Å². The highest BCUT2D eigenvalue weighted by Crippen LogP contribution is 2.36. The average molecular weight is 287 g/mol. The molecule has 2 aromatic rings. The summed E-state index contributed by atoms with van der Waals surface area (Å²) in [6, 6.07) is 14.4. The highest BCUT2D eigenvalue weighted by atomic mass is 32.2. The minimum atomic E-state index is 0.565. The van der Waals surface area contributed by atoms with Crippen LogP contribution in [0.15, 0.2) is 52.3 Å². The lowest BCUT2D eigenvalue weighted by Gasteiger charge is -2.09. The zero-order valence-corrected chi connectivity index (χ0v) is 12.0. The van der Waals surface area contributed by atoms with Gasteiger partial charge in [-0.1, -0.05) is 23.9 Å². The van der Waals surface area contributed by atoms with E-state index in [0.29, 0.717) is 13.2 Å². The second-order valence-corrected chi connectivity index (χ2v) is 5.76. The Morgan fingerprint density at radius 2 is 1.75 bits per heavy atom. The Kier molecular flexibility index (Phi) is 4.14. The maximum atomic E-state index is 5.71. The number of fused-ring (bicyclic) bond motifs is 1. The van der Waals surface area contributed by atoms with E-state index < -0.39 is 0 Å². The zero-order valence-electron chi connectivity index (χ0n) is 11.2. The molecule has 0 amide bonds. The van der Waals surface area contributed by atoms with Crippen LogP contribution in [-0.2, 0) is 6.54 Å². The summed E-state index contributed by atoms with van der Waals surface area (Å²) in [4.78, 5) is 2.32. The van der Waals surface area contributed by atoms with Crippen molar-refractivity contribution >= 4 is 11.8 Å². The van der Waals surface area contributed by atoms with Crippen molar-refractivity contribution < 1.29 is 9.47 Å². The van der Waals surface area contributed by atoms with Gasteiger partial charge in [0.05, 0.1) is 13.2 Å². The van der Waals surface area contributed by atoms with Crippen molar-refractivity contribution in [2.75, 3.05) is 13.2 Å². The van der Waals surface area contributed by atoms with Gasteiger partial charge in [0.1, 0.15) is 0 Å². The fourth-order valence-electron chi connectivity index (χ4n) is 2.08. The number of nitrogens with two attached hydrogens (primary N) is 1. The molecule has 1 aliphatic rings. The molecule has 104 valence electrons. The fourth-order valence-corrected chi connectivity index (χ4v) is 3.01. The molecule has 3 rings (SSSR count). The second-order valence-electron chi connectivity index (χ2n) is 4.61. The van der Waals surface area contributed by atoms with Gasteiger partial charge < -0.3 is 15.2 Å². The third-order valence-corrected chi connectivity index (χ3v) is 4.07. The maximum Gasteiger partial charge on any atom is 0.162 e. The van der Waals surface area contributed by atoms with Crippen molar-refractivity contribution in [3.8, 4) is 11.5 Å². The van der Waals surface area contributed by atoms with Crippen LogP contribution in [-0.4, -0.2) is 13.2 Å². The summed E-state index contributed by atoms with van der Waals surface area (Å²) in [7, 11) is 0. The van der Waals surface area contributed by atoms with Gasteiger partial charge in [-0.15, -0.1) is 0 Å². The van der Waals surface area contributed by atoms with Crippen LogP contribution in [0.3, 0.4) is 0 Å². The fraction of sp³-hybridized carbons (Fsp3) is 0.250. The van der Waals surface area contributed by atoms with Gasteiger partial charge in [0.15, 0.2) is 11.5 Å². The molecule has 0 saturated carbocycles. The van der Waals surface area contributed by atoms with E-state index in [2.05, 4.69) is 18.2 Å². The Labute approximate surface area is 123 Å². The smallest absolute Gasteiger partial charge is 0.162 e. The van der Waals surface area contributed by atoms with Crippen LogP contribution in [0.5, 0.6) is 11.5 Å². The molecule has 1 aliphatic heterocycles. The van der Waals surface area contributed by atoms with Crippen molar-refractivity contribution in [3.63, 3.8) is 0 Å². The van der Waals surface area contributed by atoms with E-state index in [1.165, 1.54) is 4.90 Å². The molecule has 0 spiro atoms. The van der Waals surface area contributed by atoms with Gasteiger partial charge in [-0.05, 0) is 35.9 Å². The number of hydrogen-bond acceptors (Lipinski definition) is 4. The molecular formula is C16H17NO2S. The summed E-state index contributed by atoms with van der Waals surface area (Å²) in [5.41, 5.74) is 6.82. The SMILES string of the molecule is NCc1cccc(Sc2ccc3c(c2)OCCCO3)c1. The van der Waals surface area contributed by atoms with Crippen molar-refractivity contribution in [2.45, 2.75) is 22.8 Å². The van der Waals surface area contributed by atoms with E-state index in [0.717, 1.165) is 35.0 Å². The molecule has 0 saturated heterocycles. The largest absolute Gasteiger partial charge is 0.490 e. The van der Waals surface area contributed by atoms with Crippen molar-refractivity contribution in [1.29, 1.82) is 0 Å². The first-order chi connectivity index (χ1) is 9.85. The quantitative estimate of drug-likeness (QED) is 0.939. The van der Waals surface area contributed by atoms with Gasteiger partial charge in [0, 0.05) is 22.8 Å². The molecule has 2 N–H and O–H groups in total. The molecule has 0 fully saturated rings. The number of ether oxygens (including phenoxy) is 2. The Balaban J connectivity index is 1.82. The molecule has 4 heteroatoms. The normalized spacial score (nSPS) is 13.8. The molecule has 3 nitrogen and oxygen atoms in total. The van der Waals surface area contributed by atoms with Crippen LogP contribution >= 0.6 is 11.8 Å². The van der Waals surface area contributed by atoms with E-state index >= 15 is 0 Å². The van der Waals surface area contributed by atoms with Crippen molar-refractivity contribution in [1.82, 2.24) is 0 Å². The van der Waals surface area contributed by atoms with Gasteiger partial charge >= 0.3 is 0 Å². The summed E-state index contributed by atoms with van der Waals surface area (Å²) >= 11 is 1.71. The Hall–Kier alpha value is -1.65. The van der Waals surface area contributed by atoms with Crippen LogP contribution < -0.4 is 15.2 Å². The first-order valence-electron chi connectivity index (χ1n) is 6.72. The van der Waals surface area contributed by atoms with E-state index in [1.54, 1.807) is 11.8 Å². The molecule has 0 aromatic heterocycles. The molecule has 1 heterocycles. The number of benzene rings is 2. The van der Waals surface area contributed by atoms with Gasteiger partial charge in [-0.3, -0.25) is 0 Å². The summed E-state index contributed by atoms with van der Waals surface area (Å²) in [6.07, 6.45) is 0.926. The molecule has 0 unspecified atom stereocenters. The molecule has 0 aliphatic carbocycles. The zero-order chi connectivity index (χ0) is 13.8. The average Bonchev–Trinajstić information content (AvgIpc) is 2.72. The standard InChI is InChI=1S/C16H17NO2S/c17-11-12-3-1-4-13(9-12)20-14-5-6-15-16(10-14)19-8-2-7-18-15/h1,3-6,9-10H,2,7-8,11,17H2. The van der Waals surface area contributed by atoms with Gasteiger partial charge in [0.25, 0.3) is 0 Å². The number of hydrogen-bond donors (Lipinski definition) is 1. The van der Waals surface area contributed by atoms with Crippen LogP contribution in [0.4, 0.5) is 0 Å². The molecule has 0 bridgehead atoms. The first-order valence-corrected chi connectivity index (χ1v) is 7.53. The van der Waals surface area contributed by atoms with E-state index in [-0.39, 0.29) is 0 Å². The minimum absolute atomic E-state index is 0.565. The van der Waals surface area contributed by atoms with E-state index in [4.69, 9.17) is 15.2 Å². The monoisotopic (exact) mass is 287 g/mol. The lowest BCUT2D eigenvalue weighted by atomic mass is 10.2. The predicted molar refractivity (Wildman–Crippen MR) is 80.5 cm³/mol. The van der Waals surface area contributed by atoms with Gasteiger partial charge in [-0.2, -0.15) is 0 Å². The third kappa shape index (κ3) is 3.08. The first kappa shape index (κ1) is 13.3. The molecule has 2 aromatic carbocycles. The second kappa shape index (κ2) is 6.20. The van der Waals surface area contributed by atoms with Crippen molar-refractivity contribution in [3.05, 3.63) is 48.0 Å². The summed E-state index contributed by atoms with van der Waals surface area (Å²) in [5.74, 6) is 1.67. The van der Waals surface area contributed by atoms with E-state index in [1.807, 2.05) is 24.3 Å². The van der Waals surface area contributed by atoms with E-state index in [9.17, 15) is 0 Å². The summed E-state index contributed by atoms with van der Waals surface area (Å²) < 4.78 is 11.4. The lowest BCUT2D eigenvalue weighted by Crippen LogP contribution is -1.97. The Bertz CT molecular complexity index is 601. The van der Waals surface area contributed by atoms with Crippen molar-refractivity contribution in [2.24, 2.45) is 5.73 Å². The Morgan fingerprint density at radius 3 is 2.60 bits per heavy atom. The number of rotatable bonds is 3. The van der Waals surface area contributed by atoms with Crippen LogP contribution in [0.2, 0.25) is 0 Å². The molecule has 20 heavy (non-hydrogen) atoms. The third-order valence-electron chi connectivity index (χ3n) is 3.09. The summed E-state index contributed by atoms with van der Waals surface area (Å²) in [5, 5.41) is 0. The van der Waals surface area contributed by atoms with Crippen LogP contribution in [0.25, 0.3) is 0 Å². The summed E-state index contributed by atoms with van der Waals surface area (Å²) in [6.45, 7) is 2.00. The highest BCUT2D eigenvalue weighted by Gasteiger charge is 2.11. The molecule has 0 atom stereocenters. The Morgan fingerprint density at radius 1 is 0.950 bits per heavy atom. The molecule has 0 radical (unpaired) electrons. The lowest BCUT2D eigenvalue weighted by molar-refractivity contribution is 0.297. The van der Waals surface area contributed by atoms with Gasteiger partial charge in [0.2, 0.25) is 0 Å². The van der Waals surface area contributed by atoms with Crippen LogP contribution in [0, 0.1) is 0 Å². The molecular weight excluding hydrogens is 270 g/mol. The van der Waals surface area contributed by atoms with Crippen LogP contribution in [0.1, 0.15) is 12.0 Å². The maximum absolute atomic E-state index is 5.71. The highest BCUT2D eigenvalue weighted by molar-refractivity contribution is 7.99. The minimum Gasteiger partial charge on any atom is -0.490 e.